The molecule has 0 aliphatic rings. The molecule has 1 aromatic carbocycles. The summed E-state index contributed by atoms with van der Waals surface area (Å²) in [5.41, 5.74) is 0. The van der Waals surface area contributed by atoms with Gasteiger partial charge in [-0.3, -0.25) is 4.79 Å². The van der Waals surface area contributed by atoms with Gasteiger partial charge in [-0.2, -0.15) is 0 Å². The van der Waals surface area contributed by atoms with Crippen molar-refractivity contribution in [2.24, 2.45) is 0 Å². The number of aromatic nitrogens is 3. The third-order valence-electron chi connectivity index (χ3n) is 4.03. The molecule has 2 aromatic heterocycles. The van der Waals surface area contributed by atoms with Crippen LogP contribution in [-0.2, 0) is 11.3 Å². The molecule has 0 atom stereocenters. The van der Waals surface area contributed by atoms with Crippen LogP contribution >= 0.6 is 39.0 Å². The Hall–Kier alpha value is -1.84. The van der Waals surface area contributed by atoms with E-state index >= 15 is 0 Å². The fourth-order valence-electron chi connectivity index (χ4n) is 2.46. The van der Waals surface area contributed by atoms with E-state index in [0.717, 1.165) is 32.6 Å². The van der Waals surface area contributed by atoms with E-state index in [1.165, 1.54) is 11.8 Å². The molecule has 3 aromatic rings. The number of thiophene rings is 1. The fourth-order valence-corrected chi connectivity index (χ4v) is 4.39. The van der Waals surface area contributed by atoms with Gasteiger partial charge in [-0.05, 0) is 42.6 Å². The topological polar surface area (TPSA) is 60.2 Å². The molecule has 0 spiro atoms. The molecule has 0 saturated carbocycles. The van der Waals surface area contributed by atoms with E-state index in [0.29, 0.717) is 18.9 Å². The first-order valence-corrected chi connectivity index (χ1v) is 11.5. The lowest BCUT2D eigenvalue weighted by Gasteiger charge is -2.17. The predicted octanol–water partition coefficient (Wildman–Crippen LogP) is 4.42. The monoisotopic (exact) mass is 480 g/mol. The van der Waals surface area contributed by atoms with Gasteiger partial charge < -0.3 is 14.2 Å². The second-order valence-corrected chi connectivity index (χ2v) is 8.74. The van der Waals surface area contributed by atoms with Crippen molar-refractivity contribution in [2.45, 2.75) is 18.6 Å². The molecule has 0 N–H and O–H groups in total. The van der Waals surface area contributed by atoms with Gasteiger partial charge in [-0.25, -0.2) is 0 Å². The van der Waals surface area contributed by atoms with Gasteiger partial charge in [0.15, 0.2) is 11.0 Å². The Morgan fingerprint density at radius 1 is 1.29 bits per heavy atom. The number of ether oxygens (including phenoxy) is 1. The van der Waals surface area contributed by atoms with E-state index in [9.17, 15) is 4.79 Å². The molecule has 6 nitrogen and oxygen atoms in total. The molecule has 0 aliphatic heterocycles. The summed E-state index contributed by atoms with van der Waals surface area (Å²) in [4.78, 5) is 15.2. The number of rotatable bonds is 9. The second kappa shape index (κ2) is 10.1. The van der Waals surface area contributed by atoms with Crippen molar-refractivity contribution < 1.29 is 9.53 Å². The van der Waals surface area contributed by atoms with Gasteiger partial charge in [0.25, 0.3) is 0 Å². The first-order valence-electron chi connectivity index (χ1n) is 8.80. The highest BCUT2D eigenvalue weighted by Gasteiger charge is 2.16. The van der Waals surface area contributed by atoms with Crippen LogP contribution in [-0.4, -0.2) is 51.5 Å². The van der Waals surface area contributed by atoms with Crippen molar-refractivity contribution in [3.05, 3.63) is 46.3 Å². The first-order chi connectivity index (χ1) is 13.6. The normalized spacial score (nSPS) is 10.8. The van der Waals surface area contributed by atoms with E-state index < -0.39 is 0 Å². The van der Waals surface area contributed by atoms with Gasteiger partial charge in [-0.15, -0.1) is 21.5 Å². The lowest BCUT2D eigenvalue weighted by Crippen LogP contribution is -2.32. The number of carbonyl (C=O) groups excluding carboxylic acids is 1. The summed E-state index contributed by atoms with van der Waals surface area (Å²) in [6.45, 7) is 3.78. The zero-order chi connectivity index (χ0) is 19.9. The molecule has 0 fully saturated rings. The largest absolute Gasteiger partial charge is 0.492 e. The van der Waals surface area contributed by atoms with Crippen LogP contribution in [0.5, 0.6) is 5.75 Å². The minimum atomic E-state index is 0.0349. The third kappa shape index (κ3) is 5.36. The van der Waals surface area contributed by atoms with Crippen LogP contribution in [0.25, 0.3) is 10.7 Å². The molecule has 0 aliphatic carbocycles. The standard InChI is InChI=1S/C19H21BrN4O2S2/c1-3-24-18(16-5-4-12-27-16)21-22-19(24)28-13-17(25)23(2)10-11-26-15-8-6-14(20)7-9-15/h4-9,12H,3,10-11,13H2,1-2H3. The zero-order valence-corrected chi connectivity index (χ0v) is 18.9. The zero-order valence-electron chi connectivity index (χ0n) is 15.7. The Morgan fingerprint density at radius 3 is 2.75 bits per heavy atom. The first kappa shape index (κ1) is 20.9. The maximum Gasteiger partial charge on any atom is 0.232 e. The van der Waals surface area contributed by atoms with Crippen LogP contribution in [0.1, 0.15) is 6.92 Å². The van der Waals surface area contributed by atoms with Crippen molar-refractivity contribution in [1.82, 2.24) is 19.7 Å². The Labute approximate surface area is 181 Å². The molecule has 0 bridgehead atoms. The molecule has 0 unspecified atom stereocenters. The average molecular weight is 481 g/mol. The summed E-state index contributed by atoms with van der Waals surface area (Å²) in [6, 6.07) is 11.7. The van der Waals surface area contributed by atoms with Crippen LogP contribution in [0, 0.1) is 0 Å². The highest BCUT2D eigenvalue weighted by Crippen LogP contribution is 2.27. The number of hydrogen-bond acceptors (Lipinski definition) is 6. The molecule has 2 heterocycles. The lowest BCUT2D eigenvalue weighted by atomic mass is 10.3. The Bertz CT molecular complexity index is 897. The van der Waals surface area contributed by atoms with Crippen LogP contribution in [0.2, 0.25) is 0 Å². The van der Waals surface area contributed by atoms with Gasteiger partial charge in [0.05, 0.1) is 17.2 Å². The minimum Gasteiger partial charge on any atom is -0.492 e. The molecule has 0 saturated heterocycles. The van der Waals surface area contributed by atoms with Crippen molar-refractivity contribution in [1.29, 1.82) is 0 Å². The second-order valence-electron chi connectivity index (χ2n) is 5.93. The maximum absolute atomic E-state index is 12.4. The average Bonchev–Trinajstić information content (AvgIpc) is 3.36. The number of likely N-dealkylation sites (N-methyl/N-ethyl adjacent to an activating group) is 1. The molecule has 1 amide bonds. The third-order valence-corrected chi connectivity index (χ3v) is 6.38. The SMILES string of the molecule is CCn1c(SCC(=O)N(C)CCOc2ccc(Br)cc2)nnc1-c1cccs1. The van der Waals surface area contributed by atoms with Gasteiger partial charge in [-0.1, -0.05) is 33.8 Å². The number of nitrogens with zero attached hydrogens (tertiary/aromatic N) is 4. The molecular formula is C19H21BrN4O2S2. The number of halogens is 1. The molecule has 28 heavy (non-hydrogen) atoms. The van der Waals surface area contributed by atoms with Crippen molar-refractivity contribution in [3.63, 3.8) is 0 Å². The lowest BCUT2D eigenvalue weighted by molar-refractivity contribution is -0.127. The van der Waals surface area contributed by atoms with E-state index in [2.05, 4.69) is 33.1 Å². The molecule has 3 rings (SSSR count). The van der Waals surface area contributed by atoms with Crippen LogP contribution in [0.15, 0.2) is 51.4 Å². The summed E-state index contributed by atoms with van der Waals surface area (Å²) in [5.74, 6) is 1.99. The Kier molecular flexibility index (Phi) is 7.52. The van der Waals surface area contributed by atoms with Gasteiger partial charge in [0, 0.05) is 18.1 Å². The number of carbonyl (C=O) groups is 1. The number of amides is 1. The summed E-state index contributed by atoms with van der Waals surface area (Å²) in [5, 5.41) is 11.3. The molecule has 9 heteroatoms. The molecule has 0 radical (unpaired) electrons. The maximum atomic E-state index is 12.4. The van der Waals surface area contributed by atoms with Gasteiger partial charge in [0.2, 0.25) is 5.91 Å². The van der Waals surface area contributed by atoms with Crippen LogP contribution in [0.3, 0.4) is 0 Å². The van der Waals surface area contributed by atoms with Gasteiger partial charge in [0.1, 0.15) is 12.4 Å². The Morgan fingerprint density at radius 2 is 2.07 bits per heavy atom. The quantitative estimate of drug-likeness (QED) is 0.424. The number of hydrogen-bond donors (Lipinski definition) is 0. The van der Waals surface area contributed by atoms with Gasteiger partial charge >= 0.3 is 0 Å². The summed E-state index contributed by atoms with van der Waals surface area (Å²) in [7, 11) is 1.79. The van der Waals surface area contributed by atoms with E-state index in [4.69, 9.17) is 4.74 Å². The number of thioether (sulfide) groups is 1. The predicted molar refractivity (Wildman–Crippen MR) is 117 cm³/mol. The van der Waals surface area contributed by atoms with Crippen LogP contribution in [0.4, 0.5) is 0 Å². The summed E-state index contributed by atoms with van der Waals surface area (Å²) < 4.78 is 8.73. The van der Waals surface area contributed by atoms with E-state index in [1.54, 1.807) is 23.3 Å². The highest BCUT2D eigenvalue weighted by atomic mass is 79.9. The minimum absolute atomic E-state index is 0.0349. The fraction of sp³-hybridized carbons (Fsp3) is 0.316. The smallest absolute Gasteiger partial charge is 0.232 e. The van der Waals surface area contributed by atoms with E-state index in [-0.39, 0.29) is 5.91 Å². The Balaban J connectivity index is 1.49. The number of benzene rings is 1. The molecule has 148 valence electrons. The molecular weight excluding hydrogens is 460 g/mol. The van der Waals surface area contributed by atoms with E-state index in [1.807, 2.05) is 46.3 Å². The summed E-state index contributed by atoms with van der Waals surface area (Å²) >= 11 is 6.44. The van der Waals surface area contributed by atoms with Crippen molar-refractivity contribution in [2.75, 3.05) is 26.0 Å². The highest BCUT2D eigenvalue weighted by molar-refractivity contribution is 9.10. The summed E-state index contributed by atoms with van der Waals surface area (Å²) in [6.07, 6.45) is 0. The van der Waals surface area contributed by atoms with Crippen molar-refractivity contribution in [3.8, 4) is 16.5 Å². The van der Waals surface area contributed by atoms with Crippen molar-refractivity contribution >= 4 is 44.9 Å². The van der Waals surface area contributed by atoms with Crippen LogP contribution < -0.4 is 4.74 Å².